The van der Waals surface area contributed by atoms with Gasteiger partial charge in [-0.25, -0.2) is 4.98 Å². The maximum atomic E-state index is 5.91. The van der Waals surface area contributed by atoms with Crippen molar-refractivity contribution >= 4 is 11.3 Å². The van der Waals surface area contributed by atoms with Crippen molar-refractivity contribution in [2.45, 2.75) is 26.5 Å². The van der Waals surface area contributed by atoms with Crippen LogP contribution in [-0.2, 0) is 11.3 Å². The minimum atomic E-state index is 0.0543. The van der Waals surface area contributed by atoms with E-state index in [2.05, 4.69) is 25.5 Å². The van der Waals surface area contributed by atoms with E-state index in [-0.39, 0.29) is 6.10 Å². The summed E-state index contributed by atoms with van der Waals surface area (Å²) in [5.41, 5.74) is 3.15. The number of aromatic nitrogens is 3. The number of ether oxygens (including phenoxy) is 1. The second-order valence-electron chi connectivity index (χ2n) is 6.10. The highest BCUT2D eigenvalue weighted by Crippen LogP contribution is 2.28. The Morgan fingerprint density at radius 2 is 2.29 bits per heavy atom. The van der Waals surface area contributed by atoms with Gasteiger partial charge in [-0.3, -0.25) is 10.00 Å². The fourth-order valence-electron chi connectivity index (χ4n) is 2.97. The van der Waals surface area contributed by atoms with Gasteiger partial charge in [0, 0.05) is 36.3 Å². The van der Waals surface area contributed by atoms with E-state index in [0.29, 0.717) is 0 Å². The van der Waals surface area contributed by atoms with Crippen molar-refractivity contribution in [3.05, 3.63) is 45.7 Å². The van der Waals surface area contributed by atoms with Crippen molar-refractivity contribution in [3.8, 4) is 11.5 Å². The van der Waals surface area contributed by atoms with E-state index in [4.69, 9.17) is 9.15 Å². The van der Waals surface area contributed by atoms with Crippen molar-refractivity contribution in [2.75, 3.05) is 19.7 Å². The average Bonchev–Trinajstić information content (AvgIpc) is 3.29. The molecule has 1 fully saturated rings. The van der Waals surface area contributed by atoms with Crippen LogP contribution < -0.4 is 0 Å². The predicted molar refractivity (Wildman–Crippen MR) is 91.8 cm³/mol. The molecule has 3 aromatic heterocycles. The highest BCUT2D eigenvalue weighted by molar-refractivity contribution is 7.09. The van der Waals surface area contributed by atoms with Crippen LogP contribution in [0.25, 0.3) is 11.5 Å². The van der Waals surface area contributed by atoms with Gasteiger partial charge in [0.2, 0.25) is 0 Å². The lowest BCUT2D eigenvalue weighted by atomic mass is 10.1. The highest BCUT2D eigenvalue weighted by Gasteiger charge is 2.25. The Morgan fingerprint density at radius 1 is 1.38 bits per heavy atom. The Balaban J connectivity index is 1.49. The summed E-state index contributed by atoms with van der Waals surface area (Å²) < 4.78 is 11.6. The first-order valence-electron chi connectivity index (χ1n) is 8.04. The number of nitrogens with zero attached hydrogens (tertiary/aromatic N) is 3. The molecule has 0 bridgehead atoms. The van der Waals surface area contributed by atoms with Gasteiger partial charge < -0.3 is 9.15 Å². The van der Waals surface area contributed by atoms with Crippen LogP contribution in [0.5, 0.6) is 0 Å². The number of nitrogens with one attached hydrogen (secondary N) is 1. The molecule has 0 aliphatic carbocycles. The number of morpholine rings is 1. The molecular formula is C17H20N4O2S. The number of aryl methyl sites for hydroxylation is 2. The fraction of sp³-hybridized carbons (Fsp3) is 0.412. The number of furan rings is 1. The van der Waals surface area contributed by atoms with Gasteiger partial charge in [-0.2, -0.15) is 5.10 Å². The molecule has 7 heteroatoms. The van der Waals surface area contributed by atoms with Crippen LogP contribution in [0, 0.1) is 13.8 Å². The van der Waals surface area contributed by atoms with Gasteiger partial charge in [-0.1, -0.05) is 0 Å². The Kier molecular flexibility index (Phi) is 4.22. The summed E-state index contributed by atoms with van der Waals surface area (Å²) in [5, 5.41) is 10.4. The fourth-order valence-corrected chi connectivity index (χ4v) is 3.80. The van der Waals surface area contributed by atoms with Gasteiger partial charge in [0.05, 0.1) is 12.8 Å². The van der Waals surface area contributed by atoms with Crippen LogP contribution in [0.4, 0.5) is 0 Å². The molecule has 1 aliphatic heterocycles. The molecule has 1 aliphatic rings. The summed E-state index contributed by atoms with van der Waals surface area (Å²) >= 11 is 1.67. The summed E-state index contributed by atoms with van der Waals surface area (Å²) in [6.07, 6.45) is 1.93. The van der Waals surface area contributed by atoms with E-state index in [1.807, 2.05) is 32.2 Å². The Morgan fingerprint density at radius 3 is 3.04 bits per heavy atom. The lowest BCUT2D eigenvalue weighted by Gasteiger charge is -2.31. The van der Waals surface area contributed by atoms with Gasteiger partial charge >= 0.3 is 0 Å². The standard InChI is InChI=1S/C17H20N4O2S/c1-11-10-24-17(19-11)15-9-21(5-6-22-15)8-13-7-18-20-16(13)14-4-3-12(2)23-14/h3-4,7,10,15H,5-6,8-9H2,1-2H3,(H,18,20)/t15-/m0/s1. The van der Waals surface area contributed by atoms with Crippen molar-refractivity contribution in [3.63, 3.8) is 0 Å². The molecule has 0 saturated carbocycles. The molecule has 1 atom stereocenters. The molecule has 0 radical (unpaired) electrons. The summed E-state index contributed by atoms with van der Waals surface area (Å²) in [4.78, 5) is 6.95. The maximum absolute atomic E-state index is 5.91. The second kappa shape index (κ2) is 6.51. The van der Waals surface area contributed by atoms with E-state index in [1.165, 1.54) is 0 Å². The van der Waals surface area contributed by atoms with E-state index >= 15 is 0 Å². The molecule has 1 saturated heterocycles. The average molecular weight is 344 g/mol. The maximum Gasteiger partial charge on any atom is 0.152 e. The number of H-pyrrole nitrogens is 1. The predicted octanol–water partition coefficient (Wildman–Crippen LogP) is 3.32. The van der Waals surface area contributed by atoms with Crippen LogP contribution >= 0.6 is 11.3 Å². The van der Waals surface area contributed by atoms with Crippen molar-refractivity contribution < 1.29 is 9.15 Å². The van der Waals surface area contributed by atoms with Crippen LogP contribution in [0.15, 0.2) is 28.1 Å². The summed E-state index contributed by atoms with van der Waals surface area (Å²) in [6.45, 7) is 7.25. The van der Waals surface area contributed by atoms with Gasteiger partial charge in [0.25, 0.3) is 0 Å². The van der Waals surface area contributed by atoms with E-state index in [1.54, 1.807) is 11.3 Å². The lowest BCUT2D eigenvalue weighted by molar-refractivity contribution is -0.0330. The number of thiazole rings is 1. The van der Waals surface area contributed by atoms with Crippen molar-refractivity contribution in [2.24, 2.45) is 0 Å². The molecule has 0 aromatic carbocycles. The minimum absolute atomic E-state index is 0.0543. The molecule has 3 aromatic rings. The molecule has 0 unspecified atom stereocenters. The van der Waals surface area contributed by atoms with Crippen LogP contribution in [-0.4, -0.2) is 39.8 Å². The molecule has 1 N–H and O–H groups in total. The molecular weight excluding hydrogens is 324 g/mol. The van der Waals surface area contributed by atoms with E-state index in [9.17, 15) is 0 Å². The number of rotatable bonds is 4. The summed E-state index contributed by atoms with van der Waals surface area (Å²) in [5.74, 6) is 1.73. The third-order valence-corrected chi connectivity index (χ3v) is 5.22. The topological polar surface area (TPSA) is 67.2 Å². The number of hydrogen-bond acceptors (Lipinski definition) is 6. The largest absolute Gasteiger partial charge is 0.460 e. The zero-order valence-corrected chi connectivity index (χ0v) is 14.6. The van der Waals surface area contributed by atoms with Gasteiger partial charge in [-0.05, 0) is 26.0 Å². The van der Waals surface area contributed by atoms with Crippen LogP contribution in [0.3, 0.4) is 0 Å². The first-order valence-corrected chi connectivity index (χ1v) is 8.92. The van der Waals surface area contributed by atoms with Crippen LogP contribution in [0.2, 0.25) is 0 Å². The molecule has 126 valence electrons. The zero-order valence-electron chi connectivity index (χ0n) is 13.8. The minimum Gasteiger partial charge on any atom is -0.460 e. The summed E-state index contributed by atoms with van der Waals surface area (Å²) in [6, 6.07) is 3.95. The van der Waals surface area contributed by atoms with E-state index < -0.39 is 0 Å². The molecule has 4 rings (SSSR count). The Hall–Kier alpha value is -1.96. The number of hydrogen-bond donors (Lipinski definition) is 1. The Labute approximate surface area is 144 Å². The van der Waals surface area contributed by atoms with Gasteiger partial charge in [0.15, 0.2) is 5.76 Å². The normalized spacial score (nSPS) is 19.0. The molecule has 0 spiro atoms. The zero-order chi connectivity index (χ0) is 16.5. The van der Waals surface area contributed by atoms with Crippen molar-refractivity contribution in [1.82, 2.24) is 20.1 Å². The third-order valence-electron chi connectivity index (χ3n) is 4.16. The molecule has 4 heterocycles. The molecule has 24 heavy (non-hydrogen) atoms. The lowest BCUT2D eigenvalue weighted by Crippen LogP contribution is -2.37. The number of aromatic amines is 1. The third kappa shape index (κ3) is 3.15. The smallest absolute Gasteiger partial charge is 0.152 e. The van der Waals surface area contributed by atoms with Gasteiger partial charge in [-0.15, -0.1) is 11.3 Å². The highest BCUT2D eigenvalue weighted by atomic mass is 32.1. The van der Waals surface area contributed by atoms with Crippen molar-refractivity contribution in [1.29, 1.82) is 0 Å². The monoisotopic (exact) mass is 344 g/mol. The van der Waals surface area contributed by atoms with Crippen LogP contribution in [0.1, 0.15) is 28.1 Å². The molecule has 6 nitrogen and oxygen atoms in total. The molecule has 0 amide bonds. The first kappa shape index (κ1) is 15.6. The SMILES string of the molecule is Cc1csc([C@@H]2CN(Cc3cn[nH]c3-c3ccc(C)o3)CCO2)n1. The first-order chi connectivity index (χ1) is 11.7. The second-order valence-corrected chi connectivity index (χ2v) is 6.99. The van der Waals surface area contributed by atoms with Gasteiger partial charge in [0.1, 0.15) is 22.6 Å². The Bertz CT molecular complexity index is 822. The summed E-state index contributed by atoms with van der Waals surface area (Å²) in [7, 11) is 0. The quantitative estimate of drug-likeness (QED) is 0.786. The van der Waals surface area contributed by atoms with E-state index in [0.717, 1.165) is 59.7 Å².